The molecule has 0 bridgehead atoms. The minimum absolute atomic E-state index is 0.235. The number of aromatic nitrogens is 2. The lowest BCUT2D eigenvalue weighted by atomic mass is 10.1. The summed E-state index contributed by atoms with van der Waals surface area (Å²) in [5.41, 5.74) is 0.235. The molecular formula is C10H14N4O2. The molecule has 16 heavy (non-hydrogen) atoms. The molecule has 1 saturated heterocycles. The molecule has 1 aliphatic rings. The summed E-state index contributed by atoms with van der Waals surface area (Å²) in [6.07, 6.45) is 3.05. The summed E-state index contributed by atoms with van der Waals surface area (Å²) < 4.78 is 4.60. The fourth-order valence-electron chi connectivity index (χ4n) is 1.46. The highest BCUT2D eigenvalue weighted by Crippen LogP contribution is 2.13. The van der Waals surface area contributed by atoms with Gasteiger partial charge in [-0.1, -0.05) is 0 Å². The average Bonchev–Trinajstić information content (AvgIpc) is 2.26. The number of hydrogen-bond acceptors (Lipinski definition) is 6. The van der Waals surface area contributed by atoms with Crippen molar-refractivity contribution in [2.75, 3.05) is 32.1 Å². The van der Waals surface area contributed by atoms with Gasteiger partial charge in [0, 0.05) is 20.1 Å². The first-order valence-electron chi connectivity index (χ1n) is 5.06. The van der Waals surface area contributed by atoms with Crippen LogP contribution in [0.1, 0.15) is 10.5 Å². The monoisotopic (exact) mass is 222 g/mol. The Morgan fingerprint density at radius 3 is 2.88 bits per heavy atom. The lowest BCUT2D eigenvalue weighted by Gasteiger charge is -2.36. The number of carbonyl (C=O) groups is 1. The molecule has 6 heteroatoms. The van der Waals surface area contributed by atoms with E-state index in [4.69, 9.17) is 0 Å². The van der Waals surface area contributed by atoms with Gasteiger partial charge in [0.2, 0.25) is 0 Å². The minimum Gasteiger partial charge on any atom is -0.464 e. The Morgan fingerprint density at radius 2 is 2.31 bits per heavy atom. The van der Waals surface area contributed by atoms with Crippen LogP contribution in [-0.2, 0) is 4.74 Å². The Bertz CT molecular complexity index is 392. The molecule has 2 heterocycles. The number of esters is 1. The van der Waals surface area contributed by atoms with Gasteiger partial charge in [0.25, 0.3) is 0 Å². The third kappa shape index (κ3) is 1.96. The molecule has 6 nitrogen and oxygen atoms in total. The van der Waals surface area contributed by atoms with Crippen molar-refractivity contribution in [1.82, 2.24) is 15.3 Å². The van der Waals surface area contributed by atoms with Crippen molar-refractivity contribution in [3.8, 4) is 0 Å². The Balaban J connectivity index is 2.17. The zero-order valence-corrected chi connectivity index (χ0v) is 9.30. The number of hydrogen-bond donors (Lipinski definition) is 1. The van der Waals surface area contributed by atoms with Crippen molar-refractivity contribution in [1.29, 1.82) is 0 Å². The van der Waals surface area contributed by atoms with E-state index in [1.165, 1.54) is 13.3 Å². The second kappa shape index (κ2) is 4.44. The topological polar surface area (TPSA) is 67.3 Å². The van der Waals surface area contributed by atoms with E-state index in [0.29, 0.717) is 11.9 Å². The van der Waals surface area contributed by atoms with Crippen molar-refractivity contribution >= 4 is 11.8 Å². The summed E-state index contributed by atoms with van der Waals surface area (Å²) in [5.74, 6) is 0.226. The first kappa shape index (κ1) is 10.8. The van der Waals surface area contributed by atoms with Crippen LogP contribution in [0.4, 0.5) is 5.82 Å². The molecule has 86 valence electrons. The molecular weight excluding hydrogens is 208 g/mol. The molecule has 0 atom stereocenters. The fourth-order valence-corrected chi connectivity index (χ4v) is 1.46. The minimum atomic E-state index is -0.463. The maximum absolute atomic E-state index is 11.3. The summed E-state index contributed by atoms with van der Waals surface area (Å²) in [6.45, 7) is 1.86. The van der Waals surface area contributed by atoms with Gasteiger partial charge in [-0.3, -0.25) is 4.98 Å². The van der Waals surface area contributed by atoms with Gasteiger partial charge in [0.15, 0.2) is 5.69 Å². The summed E-state index contributed by atoms with van der Waals surface area (Å²) in [5, 5.41) is 3.18. The quantitative estimate of drug-likeness (QED) is 0.706. The summed E-state index contributed by atoms with van der Waals surface area (Å²) in [6, 6.07) is 0.419. The first-order valence-corrected chi connectivity index (χ1v) is 5.06. The van der Waals surface area contributed by atoms with E-state index in [2.05, 4.69) is 20.0 Å². The van der Waals surface area contributed by atoms with Gasteiger partial charge >= 0.3 is 5.97 Å². The molecule has 1 N–H and O–H groups in total. The van der Waals surface area contributed by atoms with Crippen LogP contribution in [-0.4, -0.2) is 49.2 Å². The molecule has 0 radical (unpaired) electrons. The standard InChI is InChI=1S/C10H14N4O2/c1-14(7-3-11-4-7)9-6-12-5-8(13-9)10(15)16-2/h5-7,11H,3-4H2,1-2H3. The maximum Gasteiger partial charge on any atom is 0.358 e. The van der Waals surface area contributed by atoms with Gasteiger partial charge in [-0.2, -0.15) is 0 Å². The summed E-state index contributed by atoms with van der Waals surface area (Å²) in [4.78, 5) is 21.5. The molecule has 0 amide bonds. The normalized spacial score (nSPS) is 15.4. The molecule has 1 aromatic rings. The Hall–Kier alpha value is -1.69. The van der Waals surface area contributed by atoms with Crippen molar-refractivity contribution in [2.24, 2.45) is 0 Å². The van der Waals surface area contributed by atoms with Crippen molar-refractivity contribution in [3.05, 3.63) is 18.1 Å². The van der Waals surface area contributed by atoms with Crippen LogP contribution in [0, 0.1) is 0 Å². The third-order valence-corrected chi connectivity index (χ3v) is 2.69. The maximum atomic E-state index is 11.3. The van der Waals surface area contributed by atoms with E-state index < -0.39 is 5.97 Å². The van der Waals surface area contributed by atoms with Gasteiger partial charge in [-0.15, -0.1) is 0 Å². The second-order valence-electron chi connectivity index (χ2n) is 3.68. The highest BCUT2D eigenvalue weighted by Gasteiger charge is 2.23. The number of nitrogens with one attached hydrogen (secondary N) is 1. The molecule has 2 rings (SSSR count). The van der Waals surface area contributed by atoms with E-state index in [-0.39, 0.29) is 5.69 Å². The largest absolute Gasteiger partial charge is 0.464 e. The number of ether oxygens (including phenoxy) is 1. The average molecular weight is 222 g/mol. The number of likely N-dealkylation sites (N-methyl/N-ethyl adjacent to an activating group) is 1. The zero-order chi connectivity index (χ0) is 11.5. The van der Waals surface area contributed by atoms with Gasteiger partial charge in [-0.05, 0) is 0 Å². The van der Waals surface area contributed by atoms with Crippen molar-refractivity contribution in [2.45, 2.75) is 6.04 Å². The van der Waals surface area contributed by atoms with Crippen LogP contribution in [0.25, 0.3) is 0 Å². The third-order valence-electron chi connectivity index (χ3n) is 2.69. The second-order valence-corrected chi connectivity index (χ2v) is 3.68. The molecule has 0 saturated carbocycles. The van der Waals surface area contributed by atoms with Crippen LogP contribution in [0.5, 0.6) is 0 Å². The van der Waals surface area contributed by atoms with E-state index >= 15 is 0 Å². The smallest absolute Gasteiger partial charge is 0.358 e. The Morgan fingerprint density at radius 1 is 1.56 bits per heavy atom. The number of rotatable bonds is 3. The highest BCUT2D eigenvalue weighted by atomic mass is 16.5. The molecule has 0 unspecified atom stereocenters. The molecule has 1 aliphatic heterocycles. The molecule has 1 fully saturated rings. The fraction of sp³-hybridized carbons (Fsp3) is 0.500. The number of nitrogens with zero attached hydrogens (tertiary/aromatic N) is 3. The van der Waals surface area contributed by atoms with Crippen LogP contribution in [0.3, 0.4) is 0 Å². The van der Waals surface area contributed by atoms with Gasteiger partial charge in [0.1, 0.15) is 5.82 Å². The molecule has 0 spiro atoms. The van der Waals surface area contributed by atoms with Gasteiger partial charge in [0.05, 0.1) is 25.5 Å². The van der Waals surface area contributed by atoms with Crippen LogP contribution in [0.2, 0.25) is 0 Å². The molecule has 1 aromatic heterocycles. The predicted octanol–water partition coefficient (Wildman–Crippen LogP) is -0.329. The number of methoxy groups -OCH3 is 1. The Labute approximate surface area is 93.6 Å². The highest BCUT2D eigenvalue weighted by molar-refractivity contribution is 5.87. The lowest BCUT2D eigenvalue weighted by Crippen LogP contribution is -2.56. The summed E-state index contributed by atoms with van der Waals surface area (Å²) >= 11 is 0. The van der Waals surface area contributed by atoms with Crippen molar-refractivity contribution in [3.63, 3.8) is 0 Å². The van der Waals surface area contributed by atoms with Crippen LogP contribution < -0.4 is 10.2 Å². The first-order chi connectivity index (χ1) is 7.72. The van der Waals surface area contributed by atoms with Gasteiger partial charge < -0.3 is 15.0 Å². The van der Waals surface area contributed by atoms with E-state index in [9.17, 15) is 4.79 Å². The molecule has 0 aromatic carbocycles. The van der Waals surface area contributed by atoms with E-state index in [1.54, 1.807) is 6.20 Å². The SMILES string of the molecule is COC(=O)c1cncc(N(C)C2CNC2)n1. The summed E-state index contributed by atoms with van der Waals surface area (Å²) in [7, 11) is 3.27. The van der Waals surface area contributed by atoms with E-state index in [1.807, 2.05) is 11.9 Å². The number of anilines is 1. The van der Waals surface area contributed by atoms with E-state index in [0.717, 1.165) is 13.1 Å². The zero-order valence-electron chi connectivity index (χ0n) is 9.30. The van der Waals surface area contributed by atoms with Crippen molar-refractivity contribution < 1.29 is 9.53 Å². The van der Waals surface area contributed by atoms with Crippen LogP contribution >= 0.6 is 0 Å². The number of carbonyl (C=O) groups excluding carboxylic acids is 1. The predicted molar refractivity (Wildman–Crippen MR) is 58.4 cm³/mol. The van der Waals surface area contributed by atoms with Crippen LogP contribution in [0.15, 0.2) is 12.4 Å². The van der Waals surface area contributed by atoms with Gasteiger partial charge in [-0.25, -0.2) is 9.78 Å². The Kier molecular flexibility index (Phi) is 3.00. The lowest BCUT2D eigenvalue weighted by molar-refractivity contribution is 0.0593. The molecule has 0 aliphatic carbocycles.